The maximum atomic E-state index is 10.6. The van der Waals surface area contributed by atoms with Gasteiger partial charge in [-0.25, -0.2) is 4.79 Å². The van der Waals surface area contributed by atoms with Crippen molar-refractivity contribution in [2.45, 2.75) is 19.1 Å². The molecule has 1 atom stereocenters. The number of carboxylic acid groups (broad SMARTS) is 1. The zero-order valence-corrected chi connectivity index (χ0v) is 13.2. The van der Waals surface area contributed by atoms with Gasteiger partial charge in [0.15, 0.2) is 11.5 Å². The maximum absolute atomic E-state index is 10.6. The summed E-state index contributed by atoms with van der Waals surface area (Å²) >= 11 is 0. The number of benzene rings is 2. The van der Waals surface area contributed by atoms with E-state index in [0.717, 1.165) is 28.2 Å². The number of aliphatic carboxylic acids is 1. The fourth-order valence-electron chi connectivity index (χ4n) is 2.15. The van der Waals surface area contributed by atoms with Crippen molar-refractivity contribution in [1.29, 1.82) is 0 Å². The van der Waals surface area contributed by atoms with Crippen LogP contribution in [0.2, 0.25) is 0 Å². The summed E-state index contributed by atoms with van der Waals surface area (Å²) in [6, 6.07) is 14.2. The smallest absolute Gasteiger partial charge is 0.475 e. The molecule has 0 bridgehead atoms. The van der Waals surface area contributed by atoms with Crippen molar-refractivity contribution in [3.05, 3.63) is 48.0 Å². The Kier molecular flexibility index (Phi) is 5.53. The normalized spacial score (nSPS) is 13.6. The predicted octanol–water partition coefficient (Wildman–Crippen LogP) is 3.74. The summed E-state index contributed by atoms with van der Waals surface area (Å²) in [7, 11) is 0. The highest BCUT2D eigenvalue weighted by Crippen LogP contribution is 2.41. The summed E-state index contributed by atoms with van der Waals surface area (Å²) in [5.74, 6) is -1.13. The minimum absolute atomic E-state index is 0.0267. The van der Waals surface area contributed by atoms with E-state index in [0.29, 0.717) is 6.79 Å². The lowest BCUT2D eigenvalue weighted by Crippen LogP contribution is -2.21. The Labute approximate surface area is 141 Å². The Morgan fingerprint density at radius 1 is 1.20 bits per heavy atom. The molecular formula is C17H16F3NO4. The van der Waals surface area contributed by atoms with Crippen LogP contribution < -0.4 is 15.2 Å². The molecule has 3 N–H and O–H groups in total. The molecule has 3 rings (SSSR count). The lowest BCUT2D eigenvalue weighted by atomic mass is 9.99. The summed E-state index contributed by atoms with van der Waals surface area (Å²) in [5, 5.41) is 7.12. The zero-order valence-electron chi connectivity index (χ0n) is 13.2. The number of para-hydroxylation sites is 1. The summed E-state index contributed by atoms with van der Waals surface area (Å²) in [6.07, 6.45) is -5.08. The first-order chi connectivity index (χ1) is 11.7. The first-order valence-electron chi connectivity index (χ1n) is 7.25. The molecule has 0 saturated heterocycles. The predicted molar refractivity (Wildman–Crippen MR) is 84.3 cm³/mol. The molecule has 0 saturated carbocycles. The van der Waals surface area contributed by atoms with Crippen LogP contribution in [0.4, 0.5) is 13.2 Å². The van der Waals surface area contributed by atoms with Gasteiger partial charge in [0.05, 0.1) is 0 Å². The number of ether oxygens (including phenoxy) is 2. The number of nitrogens with two attached hydrogens (primary N) is 1. The van der Waals surface area contributed by atoms with Crippen molar-refractivity contribution >= 4 is 5.97 Å². The van der Waals surface area contributed by atoms with Crippen LogP contribution in [0.5, 0.6) is 11.5 Å². The van der Waals surface area contributed by atoms with Gasteiger partial charge < -0.3 is 20.3 Å². The molecule has 0 aromatic heterocycles. The van der Waals surface area contributed by atoms with Crippen LogP contribution in [0.3, 0.4) is 0 Å². The molecule has 0 radical (unpaired) electrons. The van der Waals surface area contributed by atoms with Gasteiger partial charge in [0.25, 0.3) is 0 Å². The molecule has 8 heteroatoms. The second-order valence-corrected chi connectivity index (χ2v) is 5.26. The number of carboxylic acids is 1. The Morgan fingerprint density at radius 3 is 2.44 bits per heavy atom. The van der Waals surface area contributed by atoms with Crippen LogP contribution in [0.1, 0.15) is 18.5 Å². The van der Waals surface area contributed by atoms with Gasteiger partial charge in [0, 0.05) is 11.6 Å². The Morgan fingerprint density at radius 2 is 1.84 bits per heavy atom. The summed E-state index contributed by atoms with van der Waals surface area (Å²) in [5.41, 5.74) is 9.18. The maximum Gasteiger partial charge on any atom is 0.490 e. The lowest BCUT2D eigenvalue weighted by molar-refractivity contribution is -0.192. The summed E-state index contributed by atoms with van der Waals surface area (Å²) < 4.78 is 42.7. The minimum atomic E-state index is -5.08. The van der Waals surface area contributed by atoms with E-state index in [1.54, 1.807) is 0 Å². The second kappa shape index (κ2) is 7.43. The van der Waals surface area contributed by atoms with Crippen molar-refractivity contribution in [2.24, 2.45) is 5.73 Å². The summed E-state index contributed by atoms with van der Waals surface area (Å²) in [4.78, 5) is 8.90. The molecule has 134 valence electrons. The molecule has 1 aliphatic rings. The number of hydrogen-bond donors (Lipinski definition) is 2. The SMILES string of the molecule is C[C@H](N)c1cccc(-c2cccc3c2OCO3)c1.O=C(O)C(F)(F)F. The molecule has 2 aromatic carbocycles. The Hall–Kier alpha value is -2.74. The minimum Gasteiger partial charge on any atom is -0.475 e. The van der Waals surface area contributed by atoms with Gasteiger partial charge in [-0.2, -0.15) is 13.2 Å². The van der Waals surface area contributed by atoms with Crippen LogP contribution in [-0.2, 0) is 4.79 Å². The van der Waals surface area contributed by atoms with Gasteiger partial charge in [-0.05, 0) is 30.2 Å². The van der Waals surface area contributed by atoms with Crippen molar-refractivity contribution < 1.29 is 32.5 Å². The number of alkyl halides is 3. The number of hydrogen-bond acceptors (Lipinski definition) is 4. The average molecular weight is 355 g/mol. The standard InChI is InChI=1S/C15H15NO2.C2HF3O2/c1-10(16)11-4-2-5-12(8-11)13-6-3-7-14-15(13)18-9-17-14;3-2(4,5)1(6)7/h2-8,10H,9,16H2,1H3;(H,6,7)/t10-;/m0./s1. The lowest BCUT2D eigenvalue weighted by Gasteiger charge is -2.10. The number of fused-ring (bicyclic) bond motifs is 1. The molecule has 25 heavy (non-hydrogen) atoms. The number of carbonyl (C=O) groups is 1. The third-order valence-corrected chi connectivity index (χ3v) is 3.36. The van der Waals surface area contributed by atoms with Gasteiger partial charge in [0.2, 0.25) is 6.79 Å². The van der Waals surface area contributed by atoms with Gasteiger partial charge in [-0.15, -0.1) is 0 Å². The van der Waals surface area contributed by atoms with Crippen molar-refractivity contribution in [3.63, 3.8) is 0 Å². The third kappa shape index (κ3) is 4.63. The quantitative estimate of drug-likeness (QED) is 0.858. The van der Waals surface area contributed by atoms with Crippen LogP contribution in [-0.4, -0.2) is 24.0 Å². The van der Waals surface area contributed by atoms with E-state index >= 15 is 0 Å². The van der Waals surface area contributed by atoms with E-state index in [1.807, 2.05) is 37.3 Å². The molecule has 5 nitrogen and oxygen atoms in total. The monoisotopic (exact) mass is 355 g/mol. The molecule has 0 unspecified atom stereocenters. The largest absolute Gasteiger partial charge is 0.490 e. The molecule has 1 aliphatic heterocycles. The van der Waals surface area contributed by atoms with E-state index < -0.39 is 12.1 Å². The van der Waals surface area contributed by atoms with E-state index in [2.05, 4.69) is 12.1 Å². The molecule has 0 fully saturated rings. The second-order valence-electron chi connectivity index (χ2n) is 5.26. The van der Waals surface area contributed by atoms with Crippen LogP contribution in [0, 0.1) is 0 Å². The highest BCUT2D eigenvalue weighted by atomic mass is 19.4. The Bertz CT molecular complexity index is 760. The van der Waals surface area contributed by atoms with Crippen molar-refractivity contribution in [3.8, 4) is 22.6 Å². The molecule has 0 aliphatic carbocycles. The van der Waals surface area contributed by atoms with E-state index in [4.69, 9.17) is 25.1 Å². The first kappa shape index (κ1) is 18.6. The van der Waals surface area contributed by atoms with Gasteiger partial charge in [-0.1, -0.05) is 30.3 Å². The van der Waals surface area contributed by atoms with Crippen LogP contribution in [0.15, 0.2) is 42.5 Å². The first-order valence-corrected chi connectivity index (χ1v) is 7.25. The Balaban J connectivity index is 0.000000277. The molecular weight excluding hydrogens is 339 g/mol. The third-order valence-electron chi connectivity index (χ3n) is 3.36. The topological polar surface area (TPSA) is 81.8 Å². The van der Waals surface area contributed by atoms with Crippen LogP contribution >= 0.6 is 0 Å². The number of rotatable bonds is 2. The van der Waals surface area contributed by atoms with Gasteiger partial charge in [0.1, 0.15) is 0 Å². The highest BCUT2D eigenvalue weighted by molar-refractivity contribution is 5.75. The fraction of sp³-hybridized carbons (Fsp3) is 0.235. The van der Waals surface area contributed by atoms with E-state index in [1.165, 1.54) is 0 Å². The van der Waals surface area contributed by atoms with E-state index in [9.17, 15) is 13.2 Å². The number of halogens is 3. The van der Waals surface area contributed by atoms with Gasteiger partial charge >= 0.3 is 12.1 Å². The van der Waals surface area contributed by atoms with E-state index in [-0.39, 0.29) is 6.04 Å². The highest BCUT2D eigenvalue weighted by Gasteiger charge is 2.38. The van der Waals surface area contributed by atoms with Crippen LogP contribution in [0.25, 0.3) is 11.1 Å². The molecule has 0 spiro atoms. The van der Waals surface area contributed by atoms with Gasteiger partial charge in [-0.3, -0.25) is 0 Å². The molecule has 0 amide bonds. The fourth-order valence-corrected chi connectivity index (χ4v) is 2.15. The summed E-state index contributed by atoms with van der Waals surface area (Å²) in [6.45, 7) is 2.27. The average Bonchev–Trinajstić information content (AvgIpc) is 3.03. The van der Waals surface area contributed by atoms with Crippen molar-refractivity contribution in [2.75, 3.05) is 6.79 Å². The molecule has 1 heterocycles. The molecule has 2 aromatic rings. The zero-order chi connectivity index (χ0) is 18.6. The van der Waals surface area contributed by atoms with Crippen molar-refractivity contribution in [1.82, 2.24) is 0 Å².